The molecule has 4 aromatic rings. The molecular formula is C21H23F4N9. The fourth-order valence-corrected chi connectivity index (χ4v) is 4.42. The van der Waals surface area contributed by atoms with E-state index in [-0.39, 0.29) is 29.2 Å². The molecule has 0 amide bonds. The molecule has 0 radical (unpaired) electrons. The molecule has 0 saturated carbocycles. The molecule has 13 heteroatoms. The van der Waals surface area contributed by atoms with Crippen molar-refractivity contribution in [2.45, 2.75) is 25.8 Å². The summed E-state index contributed by atoms with van der Waals surface area (Å²) in [6.07, 6.45) is -3.66. The van der Waals surface area contributed by atoms with Crippen LogP contribution in [-0.4, -0.2) is 73.1 Å². The van der Waals surface area contributed by atoms with Gasteiger partial charge < -0.3 is 20.5 Å². The summed E-state index contributed by atoms with van der Waals surface area (Å²) in [5.41, 5.74) is 8.18. The van der Waals surface area contributed by atoms with Crippen LogP contribution in [0.15, 0.2) is 24.4 Å². The van der Waals surface area contributed by atoms with Gasteiger partial charge in [-0.2, -0.15) is 18.2 Å². The molecule has 9 nitrogen and oxygen atoms in total. The number of alkyl halides is 4. The standard InChI is InChI=1S/C21H23F4N9/c1-11-28-16-4-3-15(29-19(16)33(11)10-21(23,24)25)13-5-6-34-17(13)18(26)30-20(31-34)27-7-12-8-32(2)9-14(12)22/h3-6,12,14H,7-10H2,1-2H3,(H3,26,27,30,31)/t12?,14-/m0/s1. The molecule has 180 valence electrons. The van der Waals surface area contributed by atoms with E-state index in [0.29, 0.717) is 41.9 Å². The minimum absolute atomic E-state index is 0.131. The number of nitrogens with zero attached hydrogens (tertiary/aromatic N) is 7. The van der Waals surface area contributed by atoms with Crippen molar-refractivity contribution < 1.29 is 17.6 Å². The van der Waals surface area contributed by atoms with Crippen LogP contribution in [0, 0.1) is 12.8 Å². The molecule has 0 aliphatic carbocycles. The van der Waals surface area contributed by atoms with E-state index in [1.807, 2.05) is 11.9 Å². The van der Waals surface area contributed by atoms with E-state index in [1.54, 1.807) is 24.4 Å². The molecule has 1 aliphatic rings. The smallest absolute Gasteiger partial charge is 0.382 e. The first-order valence-electron chi connectivity index (χ1n) is 10.7. The molecule has 5 heterocycles. The SMILES string of the molecule is Cc1nc2ccc(-c3ccn4nc(NCC5CN(C)C[C@@H]5F)nc(N)c34)nc2n1CC(F)(F)F. The molecule has 0 aromatic carbocycles. The second-order valence-corrected chi connectivity index (χ2v) is 8.62. The van der Waals surface area contributed by atoms with Gasteiger partial charge in [-0.05, 0) is 32.2 Å². The Hall–Kier alpha value is -3.48. The molecule has 5 rings (SSSR count). The number of likely N-dealkylation sites (tertiary alicyclic amines) is 1. The number of fused-ring (bicyclic) bond motifs is 2. The van der Waals surface area contributed by atoms with Crippen molar-refractivity contribution in [3.8, 4) is 11.3 Å². The van der Waals surface area contributed by atoms with Crippen LogP contribution in [-0.2, 0) is 6.54 Å². The zero-order valence-electron chi connectivity index (χ0n) is 18.5. The molecule has 2 atom stereocenters. The van der Waals surface area contributed by atoms with Crippen LogP contribution in [0.4, 0.5) is 29.3 Å². The second-order valence-electron chi connectivity index (χ2n) is 8.62. The molecule has 4 aromatic heterocycles. The van der Waals surface area contributed by atoms with Gasteiger partial charge in [0.25, 0.3) is 0 Å². The zero-order chi connectivity index (χ0) is 24.2. The lowest BCUT2D eigenvalue weighted by Gasteiger charge is -2.13. The summed E-state index contributed by atoms with van der Waals surface area (Å²) >= 11 is 0. The predicted molar refractivity (Wildman–Crippen MR) is 119 cm³/mol. The first-order valence-corrected chi connectivity index (χ1v) is 10.7. The van der Waals surface area contributed by atoms with Crippen LogP contribution >= 0.6 is 0 Å². The number of hydrogen-bond acceptors (Lipinski definition) is 7. The number of nitrogens with two attached hydrogens (primary N) is 1. The van der Waals surface area contributed by atoms with E-state index in [2.05, 4.69) is 25.4 Å². The molecule has 0 spiro atoms. The van der Waals surface area contributed by atoms with E-state index in [1.165, 1.54) is 11.4 Å². The third-order valence-electron chi connectivity index (χ3n) is 6.00. The summed E-state index contributed by atoms with van der Waals surface area (Å²) in [5.74, 6) is 0.476. The van der Waals surface area contributed by atoms with Crippen LogP contribution in [0.25, 0.3) is 27.9 Å². The summed E-state index contributed by atoms with van der Waals surface area (Å²) in [5, 5.41) is 7.46. The third-order valence-corrected chi connectivity index (χ3v) is 6.00. The normalized spacial score (nSPS) is 19.5. The van der Waals surface area contributed by atoms with Crippen molar-refractivity contribution in [3.05, 3.63) is 30.2 Å². The maximum Gasteiger partial charge on any atom is 0.406 e. The first kappa shape index (κ1) is 22.3. The highest BCUT2D eigenvalue weighted by Crippen LogP contribution is 2.30. The summed E-state index contributed by atoms with van der Waals surface area (Å²) in [6, 6.07) is 5.02. The molecule has 1 fully saturated rings. The quantitative estimate of drug-likeness (QED) is 0.426. The van der Waals surface area contributed by atoms with Gasteiger partial charge in [0.2, 0.25) is 5.95 Å². The number of aromatic nitrogens is 6. The van der Waals surface area contributed by atoms with E-state index >= 15 is 0 Å². The number of hydrogen-bond donors (Lipinski definition) is 2. The van der Waals surface area contributed by atoms with E-state index in [9.17, 15) is 17.6 Å². The highest BCUT2D eigenvalue weighted by molar-refractivity contribution is 5.88. The molecule has 3 N–H and O–H groups in total. The van der Waals surface area contributed by atoms with Crippen molar-refractivity contribution in [3.63, 3.8) is 0 Å². The van der Waals surface area contributed by atoms with Crippen LogP contribution in [0.3, 0.4) is 0 Å². The Labute approximate surface area is 191 Å². The summed E-state index contributed by atoms with van der Waals surface area (Å²) in [6.45, 7) is 1.73. The van der Waals surface area contributed by atoms with Gasteiger partial charge >= 0.3 is 6.18 Å². The molecular weight excluding hydrogens is 454 g/mol. The van der Waals surface area contributed by atoms with Gasteiger partial charge in [0.1, 0.15) is 29.6 Å². The van der Waals surface area contributed by atoms with Gasteiger partial charge in [-0.25, -0.2) is 18.9 Å². The van der Waals surface area contributed by atoms with Gasteiger partial charge in [-0.1, -0.05) is 0 Å². The van der Waals surface area contributed by atoms with Gasteiger partial charge in [-0.3, -0.25) is 0 Å². The number of anilines is 2. The highest BCUT2D eigenvalue weighted by atomic mass is 19.4. The number of imidazole rings is 1. The predicted octanol–water partition coefficient (Wildman–Crippen LogP) is 2.91. The van der Waals surface area contributed by atoms with Crippen LogP contribution < -0.4 is 11.1 Å². The van der Waals surface area contributed by atoms with Crippen LogP contribution in [0.1, 0.15) is 5.82 Å². The largest absolute Gasteiger partial charge is 0.406 e. The van der Waals surface area contributed by atoms with Gasteiger partial charge in [-0.15, -0.1) is 5.10 Å². The van der Waals surface area contributed by atoms with Gasteiger partial charge in [0.05, 0.1) is 5.69 Å². The molecule has 1 unspecified atom stereocenters. The maximum atomic E-state index is 14.1. The van der Waals surface area contributed by atoms with Crippen LogP contribution in [0.2, 0.25) is 0 Å². The number of rotatable bonds is 5. The van der Waals surface area contributed by atoms with E-state index in [0.717, 1.165) is 4.57 Å². The highest BCUT2D eigenvalue weighted by Gasteiger charge is 2.31. The number of nitrogens with one attached hydrogen (secondary N) is 1. The van der Waals surface area contributed by atoms with Crippen molar-refractivity contribution in [1.82, 2.24) is 34.0 Å². The average Bonchev–Trinajstić information content (AvgIpc) is 3.41. The van der Waals surface area contributed by atoms with Crippen molar-refractivity contribution in [1.29, 1.82) is 0 Å². The summed E-state index contributed by atoms with van der Waals surface area (Å²) in [4.78, 5) is 14.9. The lowest BCUT2D eigenvalue weighted by atomic mass is 10.1. The lowest BCUT2D eigenvalue weighted by molar-refractivity contribution is -0.140. The summed E-state index contributed by atoms with van der Waals surface area (Å²) in [7, 11) is 1.87. The number of halogens is 4. The minimum Gasteiger partial charge on any atom is -0.382 e. The number of pyridine rings is 1. The van der Waals surface area contributed by atoms with Crippen molar-refractivity contribution in [2.75, 3.05) is 37.7 Å². The Morgan fingerprint density at radius 3 is 2.65 bits per heavy atom. The van der Waals surface area contributed by atoms with E-state index < -0.39 is 18.9 Å². The Kier molecular flexibility index (Phi) is 5.30. The first-order chi connectivity index (χ1) is 16.1. The van der Waals surface area contributed by atoms with Crippen LogP contribution in [0.5, 0.6) is 0 Å². The Bertz CT molecular complexity index is 1360. The molecule has 34 heavy (non-hydrogen) atoms. The zero-order valence-corrected chi connectivity index (χ0v) is 18.5. The van der Waals surface area contributed by atoms with Crippen molar-refractivity contribution >= 4 is 28.4 Å². The summed E-state index contributed by atoms with van der Waals surface area (Å²) < 4.78 is 55.8. The average molecular weight is 477 g/mol. The number of aryl methyl sites for hydroxylation is 1. The van der Waals surface area contributed by atoms with Gasteiger partial charge in [0, 0.05) is 37.3 Å². The third kappa shape index (κ3) is 4.11. The lowest BCUT2D eigenvalue weighted by Crippen LogP contribution is -2.24. The van der Waals surface area contributed by atoms with Gasteiger partial charge in [0.15, 0.2) is 11.5 Å². The minimum atomic E-state index is -4.41. The second kappa shape index (κ2) is 8.08. The Morgan fingerprint density at radius 1 is 1.15 bits per heavy atom. The van der Waals surface area contributed by atoms with E-state index in [4.69, 9.17) is 5.73 Å². The maximum absolute atomic E-state index is 14.1. The fourth-order valence-electron chi connectivity index (χ4n) is 4.42. The monoisotopic (exact) mass is 477 g/mol. The van der Waals surface area contributed by atoms with Crippen molar-refractivity contribution in [2.24, 2.45) is 5.92 Å². The molecule has 1 saturated heterocycles. The topological polar surface area (TPSA) is 102 Å². The molecule has 0 bridgehead atoms. The Balaban J connectivity index is 1.47. The number of nitrogen functional groups attached to an aromatic ring is 1. The Morgan fingerprint density at radius 2 is 1.94 bits per heavy atom. The fraction of sp³-hybridized carbons (Fsp3) is 0.429. The molecule has 1 aliphatic heterocycles.